The highest BCUT2D eigenvalue weighted by atomic mass is 35.5. The fourth-order valence-electron chi connectivity index (χ4n) is 3.15. The van der Waals surface area contributed by atoms with Crippen LogP contribution in [0.4, 0.5) is 5.13 Å². The molecule has 28 heavy (non-hydrogen) atoms. The maximum Gasteiger partial charge on any atom is 0.238 e. The van der Waals surface area contributed by atoms with Crippen molar-refractivity contribution in [2.24, 2.45) is 0 Å². The third-order valence-corrected chi connectivity index (χ3v) is 7.68. The predicted molar refractivity (Wildman–Crippen MR) is 112 cm³/mol. The summed E-state index contributed by atoms with van der Waals surface area (Å²) in [4.78, 5) is 21.0. The average molecular weight is 436 g/mol. The van der Waals surface area contributed by atoms with E-state index in [1.807, 2.05) is 18.2 Å². The molecule has 0 bridgehead atoms. The Bertz CT molecular complexity index is 1110. The summed E-state index contributed by atoms with van der Waals surface area (Å²) in [6, 6.07) is 13.8. The van der Waals surface area contributed by atoms with Crippen LogP contribution < -0.4 is 4.90 Å². The highest BCUT2D eigenvalue weighted by molar-refractivity contribution is 7.92. The number of thiazole rings is 1. The number of carbonyl (C=O) groups is 1. The summed E-state index contributed by atoms with van der Waals surface area (Å²) in [6.07, 6.45) is 0. The van der Waals surface area contributed by atoms with E-state index >= 15 is 0 Å². The highest BCUT2D eigenvalue weighted by Crippen LogP contribution is 2.33. The molecule has 0 saturated carbocycles. The summed E-state index contributed by atoms with van der Waals surface area (Å²) in [5, 5.41) is 1.49. The number of amides is 1. The number of anilines is 1. The summed E-state index contributed by atoms with van der Waals surface area (Å²) < 4.78 is 25.9. The lowest BCUT2D eigenvalue weighted by atomic mass is 10.3. The van der Waals surface area contributed by atoms with Crippen LogP contribution in [0.2, 0.25) is 5.02 Å². The lowest BCUT2D eigenvalue weighted by molar-refractivity contribution is -0.128. The second-order valence-corrected chi connectivity index (χ2v) is 9.93. The lowest BCUT2D eigenvalue weighted by Crippen LogP contribution is -2.50. The molecule has 1 amide bonds. The number of aromatic nitrogens is 1. The van der Waals surface area contributed by atoms with E-state index in [1.54, 1.807) is 34.4 Å². The first-order chi connectivity index (χ1) is 13.4. The number of rotatable bonds is 4. The Kier molecular flexibility index (Phi) is 5.27. The first kappa shape index (κ1) is 19.2. The largest absolute Gasteiger partial charge is 0.345 e. The molecular weight excluding hydrogens is 418 g/mol. The van der Waals surface area contributed by atoms with Crippen molar-refractivity contribution in [2.45, 2.75) is 4.90 Å². The van der Waals surface area contributed by atoms with Gasteiger partial charge in [-0.3, -0.25) is 4.79 Å². The number of fused-ring (bicyclic) bond motifs is 1. The van der Waals surface area contributed by atoms with Gasteiger partial charge in [0.15, 0.2) is 15.0 Å². The van der Waals surface area contributed by atoms with Gasteiger partial charge in [0.05, 0.1) is 14.6 Å². The topological polar surface area (TPSA) is 70.6 Å². The van der Waals surface area contributed by atoms with Crippen molar-refractivity contribution < 1.29 is 13.2 Å². The Balaban J connectivity index is 1.41. The average Bonchev–Trinajstić information content (AvgIpc) is 3.14. The maximum atomic E-state index is 12.5. The molecule has 9 heteroatoms. The molecule has 0 N–H and O–H groups in total. The molecule has 0 spiro atoms. The van der Waals surface area contributed by atoms with Crippen molar-refractivity contribution in [3.63, 3.8) is 0 Å². The summed E-state index contributed by atoms with van der Waals surface area (Å²) in [6.45, 7) is 2.14. The Morgan fingerprint density at radius 1 is 1.04 bits per heavy atom. The first-order valence-electron chi connectivity index (χ1n) is 8.80. The predicted octanol–water partition coefficient (Wildman–Crippen LogP) is 3.07. The van der Waals surface area contributed by atoms with Gasteiger partial charge in [0.25, 0.3) is 0 Å². The molecule has 1 aliphatic heterocycles. The van der Waals surface area contributed by atoms with Crippen molar-refractivity contribution in [3.8, 4) is 0 Å². The number of para-hydroxylation sites is 1. The van der Waals surface area contributed by atoms with E-state index in [0.717, 1.165) is 15.3 Å². The van der Waals surface area contributed by atoms with E-state index in [1.165, 1.54) is 12.1 Å². The summed E-state index contributed by atoms with van der Waals surface area (Å²) in [5.74, 6) is -0.871. The molecule has 0 unspecified atom stereocenters. The third-order valence-electron chi connectivity index (χ3n) is 4.68. The Morgan fingerprint density at radius 2 is 1.75 bits per heavy atom. The standard InChI is InChI=1S/C19H18ClN3O3S2/c20-15-7-4-8-16-18(15)21-19(27-16)23-11-9-22(10-12-23)17(24)13-28(25,26)14-5-2-1-3-6-14/h1-8H,9-13H2. The molecule has 1 aliphatic rings. The minimum absolute atomic E-state index is 0.174. The van der Waals surface area contributed by atoms with Crippen LogP contribution in [0.15, 0.2) is 53.4 Å². The molecule has 0 radical (unpaired) electrons. The second-order valence-electron chi connectivity index (χ2n) is 6.52. The van der Waals surface area contributed by atoms with Gasteiger partial charge in [0.2, 0.25) is 5.91 Å². The molecule has 0 atom stereocenters. The van der Waals surface area contributed by atoms with Crippen molar-refractivity contribution in [3.05, 3.63) is 53.6 Å². The van der Waals surface area contributed by atoms with Crippen LogP contribution in [0.5, 0.6) is 0 Å². The van der Waals surface area contributed by atoms with Gasteiger partial charge >= 0.3 is 0 Å². The van der Waals surface area contributed by atoms with Crippen molar-refractivity contribution in [1.29, 1.82) is 0 Å². The molecule has 2 heterocycles. The number of hydrogen-bond donors (Lipinski definition) is 0. The van der Waals surface area contributed by atoms with Crippen LogP contribution in [0.3, 0.4) is 0 Å². The minimum Gasteiger partial charge on any atom is -0.345 e. The maximum absolute atomic E-state index is 12.5. The summed E-state index contributed by atoms with van der Waals surface area (Å²) in [7, 11) is -3.63. The Hall–Kier alpha value is -2.16. The smallest absolute Gasteiger partial charge is 0.238 e. The SMILES string of the molecule is O=C(CS(=O)(=O)c1ccccc1)N1CCN(c2nc3c(Cl)cccc3s2)CC1. The number of nitrogens with zero attached hydrogens (tertiary/aromatic N) is 3. The molecule has 146 valence electrons. The van der Waals surface area contributed by atoms with Crippen LogP contribution >= 0.6 is 22.9 Å². The van der Waals surface area contributed by atoms with Gasteiger partial charge in [-0.25, -0.2) is 13.4 Å². The van der Waals surface area contributed by atoms with E-state index in [-0.39, 0.29) is 10.8 Å². The normalized spacial score (nSPS) is 15.2. The summed E-state index contributed by atoms with van der Waals surface area (Å²) in [5.41, 5.74) is 0.789. The van der Waals surface area contributed by atoms with Crippen LogP contribution in [-0.2, 0) is 14.6 Å². The number of sulfone groups is 1. The molecule has 1 fully saturated rings. The summed E-state index contributed by atoms with van der Waals surface area (Å²) >= 11 is 7.77. The quantitative estimate of drug-likeness (QED) is 0.629. The molecule has 0 aliphatic carbocycles. The zero-order valence-electron chi connectivity index (χ0n) is 14.9. The fourth-order valence-corrected chi connectivity index (χ4v) is 5.71. The molecule has 6 nitrogen and oxygen atoms in total. The van der Waals surface area contributed by atoms with Gasteiger partial charge in [0, 0.05) is 26.2 Å². The van der Waals surface area contributed by atoms with Gasteiger partial charge < -0.3 is 9.80 Å². The minimum atomic E-state index is -3.63. The Labute approximate surface area is 172 Å². The number of carbonyl (C=O) groups excluding carboxylic acids is 1. The number of piperazine rings is 1. The molecule has 3 aromatic rings. The van der Waals surface area contributed by atoms with Crippen LogP contribution in [-0.4, -0.2) is 56.1 Å². The van der Waals surface area contributed by atoms with Crippen LogP contribution in [0.1, 0.15) is 0 Å². The monoisotopic (exact) mass is 435 g/mol. The lowest BCUT2D eigenvalue weighted by Gasteiger charge is -2.34. The zero-order valence-corrected chi connectivity index (χ0v) is 17.3. The van der Waals surface area contributed by atoms with E-state index in [4.69, 9.17) is 11.6 Å². The molecule has 1 saturated heterocycles. The van der Waals surface area contributed by atoms with Crippen LogP contribution in [0.25, 0.3) is 10.2 Å². The zero-order chi connectivity index (χ0) is 19.7. The molecular formula is C19H18ClN3O3S2. The van der Waals surface area contributed by atoms with E-state index in [9.17, 15) is 13.2 Å². The van der Waals surface area contributed by atoms with E-state index < -0.39 is 15.6 Å². The Morgan fingerprint density at radius 3 is 2.43 bits per heavy atom. The molecule has 2 aromatic carbocycles. The van der Waals surface area contributed by atoms with Crippen LogP contribution in [0, 0.1) is 0 Å². The van der Waals surface area contributed by atoms with Crippen molar-refractivity contribution in [2.75, 3.05) is 36.8 Å². The first-order valence-corrected chi connectivity index (χ1v) is 11.6. The van der Waals surface area contributed by atoms with E-state index in [0.29, 0.717) is 31.2 Å². The number of hydrogen-bond acceptors (Lipinski definition) is 6. The second kappa shape index (κ2) is 7.69. The van der Waals surface area contributed by atoms with Gasteiger partial charge in [-0.2, -0.15) is 0 Å². The third kappa shape index (κ3) is 3.85. The molecule has 4 rings (SSSR count). The van der Waals surface area contributed by atoms with Gasteiger partial charge in [-0.1, -0.05) is 47.2 Å². The van der Waals surface area contributed by atoms with Crippen molar-refractivity contribution >= 4 is 54.0 Å². The van der Waals surface area contributed by atoms with Gasteiger partial charge in [-0.05, 0) is 24.3 Å². The number of halogens is 1. The van der Waals surface area contributed by atoms with Gasteiger partial charge in [0.1, 0.15) is 11.3 Å². The van der Waals surface area contributed by atoms with Crippen molar-refractivity contribution in [1.82, 2.24) is 9.88 Å². The number of benzene rings is 2. The molecule has 1 aromatic heterocycles. The van der Waals surface area contributed by atoms with E-state index in [2.05, 4.69) is 9.88 Å². The highest BCUT2D eigenvalue weighted by Gasteiger charge is 2.27. The fraction of sp³-hybridized carbons (Fsp3) is 0.263. The van der Waals surface area contributed by atoms with Gasteiger partial charge in [-0.15, -0.1) is 0 Å².